The Morgan fingerprint density at radius 1 is 1.08 bits per heavy atom. The van der Waals surface area contributed by atoms with E-state index < -0.39 is 24.4 Å². The van der Waals surface area contributed by atoms with Gasteiger partial charge in [0.15, 0.2) is 6.61 Å². The van der Waals surface area contributed by atoms with Crippen molar-refractivity contribution < 1.29 is 19.1 Å². The molecule has 36 heavy (non-hydrogen) atoms. The molecule has 0 saturated carbocycles. The van der Waals surface area contributed by atoms with Crippen LogP contribution in [-0.4, -0.2) is 34.2 Å². The molecule has 9 heteroatoms. The molecule has 0 bridgehead atoms. The normalized spacial score (nSPS) is 12.2. The summed E-state index contributed by atoms with van der Waals surface area (Å²) in [5.41, 5.74) is 10.1. The number of aromatic nitrogens is 2. The first-order valence-electron chi connectivity index (χ1n) is 11.5. The van der Waals surface area contributed by atoms with Crippen molar-refractivity contribution in [1.82, 2.24) is 9.78 Å². The summed E-state index contributed by atoms with van der Waals surface area (Å²) >= 11 is 1.35. The number of hydrogen-bond acceptors (Lipinski definition) is 6. The molecule has 8 nitrogen and oxygen atoms in total. The molecule has 0 aliphatic heterocycles. The van der Waals surface area contributed by atoms with Crippen LogP contribution in [0.15, 0.2) is 60.8 Å². The number of nitrogens with one attached hydrogen (secondary N) is 1. The van der Waals surface area contributed by atoms with Gasteiger partial charge in [0.05, 0.1) is 11.3 Å². The SMILES string of the molecule is Cc1ccc(-c2nn(-c3ccccc3)cc2C(=O)OCC(=O)Nc2sc3c(c2C(N)=O)CCC3)cc1. The summed E-state index contributed by atoms with van der Waals surface area (Å²) < 4.78 is 6.97. The number of carbonyl (C=O) groups excluding carboxylic acids is 3. The number of rotatable bonds is 7. The lowest BCUT2D eigenvalue weighted by atomic mass is 10.1. The van der Waals surface area contributed by atoms with Gasteiger partial charge in [-0.05, 0) is 43.9 Å². The van der Waals surface area contributed by atoms with E-state index in [1.54, 1.807) is 10.9 Å². The predicted octanol–water partition coefficient (Wildman–Crippen LogP) is 4.29. The minimum absolute atomic E-state index is 0.239. The van der Waals surface area contributed by atoms with Gasteiger partial charge in [0.25, 0.3) is 11.8 Å². The highest BCUT2D eigenvalue weighted by Gasteiger charge is 2.27. The fourth-order valence-corrected chi connectivity index (χ4v) is 5.60. The molecule has 2 aromatic carbocycles. The first kappa shape index (κ1) is 23.5. The molecule has 0 spiro atoms. The van der Waals surface area contributed by atoms with E-state index in [1.807, 2.05) is 61.5 Å². The van der Waals surface area contributed by atoms with Gasteiger partial charge < -0.3 is 15.8 Å². The summed E-state index contributed by atoms with van der Waals surface area (Å²) in [5.74, 6) is -1.79. The number of hydrogen-bond donors (Lipinski definition) is 2. The third-order valence-electron chi connectivity index (χ3n) is 6.03. The van der Waals surface area contributed by atoms with E-state index in [9.17, 15) is 14.4 Å². The van der Waals surface area contributed by atoms with Gasteiger partial charge in [-0.1, -0.05) is 48.0 Å². The van der Waals surface area contributed by atoms with Gasteiger partial charge in [0.1, 0.15) is 16.3 Å². The van der Waals surface area contributed by atoms with E-state index in [0.717, 1.165) is 46.5 Å². The highest BCUT2D eigenvalue weighted by Crippen LogP contribution is 2.38. The van der Waals surface area contributed by atoms with Crippen molar-refractivity contribution in [3.8, 4) is 16.9 Å². The Balaban J connectivity index is 1.35. The zero-order valence-corrected chi connectivity index (χ0v) is 20.4. The largest absolute Gasteiger partial charge is 0.452 e. The molecule has 0 atom stereocenters. The second-order valence-electron chi connectivity index (χ2n) is 8.59. The van der Waals surface area contributed by atoms with E-state index in [1.165, 1.54) is 11.3 Å². The lowest BCUT2D eigenvalue weighted by Crippen LogP contribution is -2.22. The van der Waals surface area contributed by atoms with Crippen LogP contribution in [0, 0.1) is 6.92 Å². The maximum Gasteiger partial charge on any atom is 0.342 e. The van der Waals surface area contributed by atoms with Crippen molar-refractivity contribution >= 4 is 34.1 Å². The molecule has 182 valence electrons. The first-order valence-corrected chi connectivity index (χ1v) is 12.4. The number of fused-ring (bicyclic) bond motifs is 1. The van der Waals surface area contributed by atoms with Crippen molar-refractivity contribution in [2.75, 3.05) is 11.9 Å². The summed E-state index contributed by atoms with van der Waals surface area (Å²) in [7, 11) is 0. The highest BCUT2D eigenvalue weighted by atomic mass is 32.1. The van der Waals surface area contributed by atoms with Crippen LogP contribution in [0.1, 0.15) is 43.1 Å². The Morgan fingerprint density at radius 2 is 1.83 bits per heavy atom. The topological polar surface area (TPSA) is 116 Å². The van der Waals surface area contributed by atoms with Crippen LogP contribution in [0.4, 0.5) is 5.00 Å². The number of ether oxygens (including phenoxy) is 1. The van der Waals surface area contributed by atoms with Gasteiger partial charge in [0.2, 0.25) is 0 Å². The van der Waals surface area contributed by atoms with Crippen molar-refractivity contribution in [3.05, 3.63) is 87.9 Å². The molecule has 2 aromatic heterocycles. The summed E-state index contributed by atoms with van der Waals surface area (Å²) in [5, 5.41) is 7.72. The quantitative estimate of drug-likeness (QED) is 0.367. The van der Waals surface area contributed by atoms with Crippen LogP contribution in [0.25, 0.3) is 16.9 Å². The maximum absolute atomic E-state index is 13.1. The zero-order valence-electron chi connectivity index (χ0n) is 19.6. The van der Waals surface area contributed by atoms with Gasteiger partial charge in [-0.2, -0.15) is 5.10 Å². The monoisotopic (exact) mass is 500 g/mol. The van der Waals surface area contributed by atoms with Crippen molar-refractivity contribution in [1.29, 1.82) is 0 Å². The molecule has 1 aliphatic rings. The Bertz CT molecular complexity index is 1460. The average molecular weight is 501 g/mol. The minimum Gasteiger partial charge on any atom is -0.452 e. The number of nitrogens with zero attached hydrogens (tertiary/aromatic N) is 2. The summed E-state index contributed by atoms with van der Waals surface area (Å²) in [6, 6.07) is 17.1. The number of primary amides is 1. The van der Waals surface area contributed by atoms with Crippen molar-refractivity contribution in [2.24, 2.45) is 5.73 Å². The summed E-state index contributed by atoms with van der Waals surface area (Å²) in [6.45, 7) is 1.47. The first-order chi connectivity index (χ1) is 17.4. The number of benzene rings is 2. The van der Waals surface area contributed by atoms with Crippen LogP contribution >= 0.6 is 11.3 Å². The van der Waals surface area contributed by atoms with Crippen LogP contribution in [-0.2, 0) is 22.4 Å². The summed E-state index contributed by atoms with van der Waals surface area (Å²) in [6.07, 6.45) is 4.19. The van der Waals surface area contributed by atoms with Crippen molar-refractivity contribution in [3.63, 3.8) is 0 Å². The number of nitrogens with two attached hydrogens (primary N) is 1. The molecule has 0 fully saturated rings. The van der Waals surface area contributed by atoms with E-state index in [2.05, 4.69) is 10.4 Å². The summed E-state index contributed by atoms with van der Waals surface area (Å²) in [4.78, 5) is 38.7. The predicted molar refractivity (Wildman–Crippen MR) is 138 cm³/mol. The van der Waals surface area contributed by atoms with E-state index >= 15 is 0 Å². The molecule has 3 N–H and O–H groups in total. The molecule has 4 aromatic rings. The molecule has 0 saturated heterocycles. The van der Waals surface area contributed by atoms with Gasteiger partial charge in [-0.15, -0.1) is 11.3 Å². The fraction of sp³-hybridized carbons (Fsp3) is 0.185. The highest BCUT2D eigenvalue weighted by molar-refractivity contribution is 7.17. The Kier molecular flexibility index (Phi) is 6.39. The third kappa shape index (κ3) is 4.65. The van der Waals surface area contributed by atoms with Gasteiger partial charge >= 0.3 is 5.97 Å². The number of para-hydroxylation sites is 1. The molecule has 1 aliphatic carbocycles. The maximum atomic E-state index is 13.1. The molecular weight excluding hydrogens is 476 g/mol. The van der Waals surface area contributed by atoms with Crippen LogP contribution in [0.2, 0.25) is 0 Å². The Morgan fingerprint density at radius 3 is 2.56 bits per heavy atom. The molecular formula is C27H24N4O4S. The van der Waals surface area contributed by atoms with Crippen LogP contribution < -0.4 is 11.1 Å². The lowest BCUT2D eigenvalue weighted by molar-refractivity contribution is -0.119. The van der Waals surface area contributed by atoms with Crippen LogP contribution in [0.3, 0.4) is 0 Å². The number of amides is 2. The molecule has 2 heterocycles. The number of esters is 1. The van der Waals surface area contributed by atoms with E-state index in [0.29, 0.717) is 16.3 Å². The zero-order chi connectivity index (χ0) is 25.2. The van der Waals surface area contributed by atoms with Gasteiger partial charge in [-0.3, -0.25) is 9.59 Å². The van der Waals surface area contributed by atoms with E-state index in [-0.39, 0.29) is 5.56 Å². The van der Waals surface area contributed by atoms with Crippen LogP contribution in [0.5, 0.6) is 0 Å². The standard InChI is InChI=1S/C27H24N4O4S/c1-16-10-12-17(13-11-16)24-20(14-31(30-24)18-6-3-2-4-7-18)27(34)35-15-22(32)29-26-23(25(28)33)19-8-5-9-21(19)36-26/h2-4,6-7,10-14H,5,8-9,15H2,1H3,(H2,28,33)(H,29,32). The molecule has 5 rings (SSSR count). The number of aryl methyl sites for hydroxylation is 2. The molecule has 2 amide bonds. The average Bonchev–Trinajstić information content (AvgIpc) is 3.58. The van der Waals surface area contributed by atoms with Gasteiger partial charge in [0, 0.05) is 16.6 Å². The lowest BCUT2D eigenvalue weighted by Gasteiger charge is -2.07. The second kappa shape index (κ2) is 9.79. The van der Waals surface area contributed by atoms with Crippen molar-refractivity contribution in [2.45, 2.75) is 26.2 Å². The number of carbonyl (C=O) groups is 3. The second-order valence-corrected chi connectivity index (χ2v) is 9.69. The number of thiophene rings is 1. The molecule has 0 radical (unpaired) electrons. The molecule has 0 unspecified atom stereocenters. The smallest absolute Gasteiger partial charge is 0.342 e. The Labute approximate surface area is 211 Å². The minimum atomic E-state index is -0.674. The Hall–Kier alpha value is -4.24. The van der Waals surface area contributed by atoms with E-state index in [4.69, 9.17) is 10.5 Å². The van der Waals surface area contributed by atoms with Gasteiger partial charge in [-0.25, -0.2) is 9.48 Å². The fourth-order valence-electron chi connectivity index (χ4n) is 4.29. The number of anilines is 1. The third-order valence-corrected chi connectivity index (χ3v) is 7.24.